The van der Waals surface area contributed by atoms with Crippen LogP contribution in [-0.4, -0.2) is 51.3 Å². The molecule has 1 aromatic heterocycles. The van der Waals surface area contributed by atoms with Gasteiger partial charge in [0, 0.05) is 36.1 Å². The molecule has 7 heteroatoms. The van der Waals surface area contributed by atoms with Crippen LogP contribution in [-0.2, 0) is 22.6 Å². The Labute approximate surface area is 193 Å². The minimum Gasteiger partial charge on any atom is -0.361 e. The maximum Gasteiger partial charge on any atom is 0.325 e. The summed E-state index contributed by atoms with van der Waals surface area (Å²) in [7, 11) is 0. The number of rotatable bonds is 9. The van der Waals surface area contributed by atoms with Crippen LogP contribution in [0.4, 0.5) is 4.79 Å². The number of H-pyrrole nitrogens is 1. The number of benzene rings is 2. The molecule has 172 valence electrons. The van der Waals surface area contributed by atoms with Gasteiger partial charge in [-0.05, 0) is 30.0 Å². The van der Waals surface area contributed by atoms with E-state index in [0.29, 0.717) is 13.0 Å². The highest BCUT2D eigenvalue weighted by Gasteiger charge is 2.40. The Morgan fingerprint density at radius 2 is 1.73 bits per heavy atom. The second-order valence-corrected chi connectivity index (χ2v) is 8.47. The van der Waals surface area contributed by atoms with Gasteiger partial charge in [-0.2, -0.15) is 0 Å². The summed E-state index contributed by atoms with van der Waals surface area (Å²) >= 11 is 0. The van der Waals surface area contributed by atoms with Crippen LogP contribution in [0.1, 0.15) is 37.8 Å². The first-order valence-electron chi connectivity index (χ1n) is 11.5. The van der Waals surface area contributed by atoms with E-state index in [1.54, 1.807) is 4.90 Å². The summed E-state index contributed by atoms with van der Waals surface area (Å²) in [6.45, 7) is 4.29. The van der Waals surface area contributed by atoms with Crippen LogP contribution >= 0.6 is 0 Å². The zero-order chi connectivity index (χ0) is 23.4. The van der Waals surface area contributed by atoms with Crippen molar-refractivity contribution >= 4 is 28.7 Å². The Balaban J connectivity index is 1.47. The number of aromatic nitrogens is 1. The zero-order valence-corrected chi connectivity index (χ0v) is 19.1. The van der Waals surface area contributed by atoms with Crippen LogP contribution in [0, 0.1) is 0 Å². The second-order valence-electron chi connectivity index (χ2n) is 8.47. The summed E-state index contributed by atoms with van der Waals surface area (Å²) in [6, 6.07) is 16.5. The van der Waals surface area contributed by atoms with E-state index in [2.05, 4.69) is 10.3 Å². The lowest BCUT2D eigenvalue weighted by Gasteiger charge is -2.31. The first kappa shape index (κ1) is 22.6. The van der Waals surface area contributed by atoms with Gasteiger partial charge in [-0.1, -0.05) is 62.4 Å². The molecule has 0 aliphatic carbocycles. The molecule has 1 aliphatic rings. The third-order valence-electron chi connectivity index (χ3n) is 6.40. The van der Waals surface area contributed by atoms with E-state index in [4.69, 9.17) is 0 Å². The molecule has 1 fully saturated rings. The number of nitrogens with zero attached hydrogens (tertiary/aromatic N) is 2. The average molecular weight is 447 g/mol. The first-order valence-corrected chi connectivity index (χ1v) is 11.5. The first-order chi connectivity index (χ1) is 16.0. The lowest BCUT2D eigenvalue weighted by molar-refractivity contribution is -0.139. The largest absolute Gasteiger partial charge is 0.361 e. The number of aromatic amines is 1. The number of fused-ring (bicyclic) bond motifs is 1. The molecule has 4 amide bonds. The van der Waals surface area contributed by atoms with Gasteiger partial charge in [0.1, 0.15) is 12.6 Å². The summed E-state index contributed by atoms with van der Waals surface area (Å²) in [5.74, 6) is -0.577. The molecule has 2 aromatic carbocycles. The lowest BCUT2D eigenvalue weighted by Crippen LogP contribution is -2.46. The van der Waals surface area contributed by atoms with Gasteiger partial charge in [0.25, 0.3) is 5.91 Å². The second kappa shape index (κ2) is 9.90. The van der Waals surface area contributed by atoms with Crippen molar-refractivity contribution in [3.63, 3.8) is 0 Å². The summed E-state index contributed by atoms with van der Waals surface area (Å²) < 4.78 is 0. The maximum atomic E-state index is 13.3. The zero-order valence-electron chi connectivity index (χ0n) is 19.1. The molecule has 0 bridgehead atoms. The van der Waals surface area contributed by atoms with E-state index in [1.807, 2.05) is 74.6 Å². The van der Waals surface area contributed by atoms with Gasteiger partial charge in [0.15, 0.2) is 0 Å². The molecule has 4 rings (SSSR count). The van der Waals surface area contributed by atoms with Gasteiger partial charge < -0.3 is 15.2 Å². The third-order valence-corrected chi connectivity index (χ3v) is 6.40. The number of para-hydroxylation sites is 1. The van der Waals surface area contributed by atoms with Crippen LogP contribution in [0.3, 0.4) is 0 Å². The third kappa shape index (κ3) is 4.77. The topological polar surface area (TPSA) is 85.5 Å². The SMILES string of the molecule is CCC(CC)N(Cc1ccccc1)C(=O)CN1C(=O)NC(Cc2c[nH]c3ccccc23)C1=O. The molecule has 33 heavy (non-hydrogen) atoms. The summed E-state index contributed by atoms with van der Waals surface area (Å²) in [5.41, 5.74) is 2.96. The summed E-state index contributed by atoms with van der Waals surface area (Å²) in [6.07, 6.45) is 3.85. The van der Waals surface area contributed by atoms with E-state index >= 15 is 0 Å². The predicted molar refractivity (Wildman–Crippen MR) is 127 cm³/mol. The van der Waals surface area contributed by atoms with Crippen molar-refractivity contribution in [2.24, 2.45) is 0 Å². The number of amides is 4. The normalized spacial score (nSPS) is 16.0. The van der Waals surface area contributed by atoms with Crippen molar-refractivity contribution in [2.75, 3.05) is 6.54 Å². The molecule has 7 nitrogen and oxygen atoms in total. The van der Waals surface area contributed by atoms with Gasteiger partial charge in [-0.25, -0.2) is 4.79 Å². The minimum absolute atomic E-state index is 0.0421. The van der Waals surface area contributed by atoms with Crippen molar-refractivity contribution < 1.29 is 14.4 Å². The number of hydrogen-bond donors (Lipinski definition) is 2. The quantitative estimate of drug-likeness (QED) is 0.490. The number of carbonyl (C=O) groups is 3. The van der Waals surface area contributed by atoms with Gasteiger partial charge >= 0.3 is 6.03 Å². The van der Waals surface area contributed by atoms with Crippen LogP contribution in [0.15, 0.2) is 60.8 Å². The summed E-state index contributed by atoms with van der Waals surface area (Å²) in [4.78, 5) is 45.0. The number of imide groups is 1. The van der Waals surface area contributed by atoms with Crippen LogP contribution in [0.25, 0.3) is 10.9 Å². The number of urea groups is 1. The smallest absolute Gasteiger partial charge is 0.325 e. The molecule has 1 atom stereocenters. The molecule has 1 unspecified atom stereocenters. The van der Waals surface area contributed by atoms with Gasteiger partial charge in [-0.3, -0.25) is 14.5 Å². The lowest BCUT2D eigenvalue weighted by atomic mass is 10.0. The molecular weight excluding hydrogens is 416 g/mol. The van der Waals surface area contributed by atoms with Gasteiger partial charge in [-0.15, -0.1) is 0 Å². The van der Waals surface area contributed by atoms with Crippen LogP contribution in [0.5, 0.6) is 0 Å². The molecule has 1 aliphatic heterocycles. The fourth-order valence-corrected chi connectivity index (χ4v) is 4.54. The van der Waals surface area contributed by atoms with Crippen LogP contribution < -0.4 is 5.32 Å². The van der Waals surface area contributed by atoms with E-state index in [-0.39, 0.29) is 24.4 Å². The highest BCUT2D eigenvalue weighted by atomic mass is 16.2. The molecule has 3 aromatic rings. The van der Waals surface area contributed by atoms with E-state index in [1.165, 1.54) is 0 Å². The number of nitrogens with one attached hydrogen (secondary N) is 2. The maximum absolute atomic E-state index is 13.3. The van der Waals surface area contributed by atoms with E-state index < -0.39 is 12.1 Å². The average Bonchev–Trinajstić information content (AvgIpc) is 3.36. The molecule has 0 saturated carbocycles. The fourth-order valence-electron chi connectivity index (χ4n) is 4.54. The standard InChI is InChI=1S/C26H30N4O3/c1-3-20(4-2)29(16-18-10-6-5-7-11-18)24(31)17-30-25(32)23(28-26(30)33)14-19-15-27-22-13-9-8-12-21(19)22/h5-13,15,20,23,27H,3-4,14,16-17H2,1-2H3,(H,28,33). The van der Waals surface area contributed by atoms with Crippen molar-refractivity contribution in [1.29, 1.82) is 0 Å². The molecule has 0 spiro atoms. The molecule has 0 radical (unpaired) electrons. The fraction of sp³-hybridized carbons (Fsp3) is 0.346. The molecule has 1 saturated heterocycles. The summed E-state index contributed by atoms with van der Waals surface area (Å²) in [5, 5.41) is 3.79. The highest BCUT2D eigenvalue weighted by molar-refractivity contribution is 6.06. The van der Waals surface area contributed by atoms with Gasteiger partial charge in [0.2, 0.25) is 5.91 Å². The van der Waals surface area contributed by atoms with Crippen molar-refractivity contribution in [1.82, 2.24) is 20.1 Å². The Hall–Kier alpha value is -3.61. The Bertz CT molecular complexity index is 1140. The Morgan fingerprint density at radius 1 is 1.03 bits per heavy atom. The number of carbonyl (C=O) groups excluding carboxylic acids is 3. The Kier molecular flexibility index (Phi) is 6.77. The van der Waals surface area contributed by atoms with Crippen molar-refractivity contribution in [3.05, 3.63) is 71.9 Å². The van der Waals surface area contributed by atoms with E-state index in [9.17, 15) is 14.4 Å². The monoisotopic (exact) mass is 446 g/mol. The number of hydrogen-bond acceptors (Lipinski definition) is 3. The molecular formula is C26H30N4O3. The van der Waals surface area contributed by atoms with Crippen molar-refractivity contribution in [2.45, 2.75) is 51.7 Å². The molecule has 2 heterocycles. The van der Waals surface area contributed by atoms with Crippen molar-refractivity contribution in [3.8, 4) is 0 Å². The van der Waals surface area contributed by atoms with E-state index in [0.717, 1.165) is 39.8 Å². The van der Waals surface area contributed by atoms with Gasteiger partial charge in [0.05, 0.1) is 0 Å². The Morgan fingerprint density at radius 3 is 2.45 bits per heavy atom. The minimum atomic E-state index is -0.680. The predicted octanol–water partition coefficient (Wildman–Crippen LogP) is 3.85. The van der Waals surface area contributed by atoms with Crippen LogP contribution in [0.2, 0.25) is 0 Å². The highest BCUT2D eigenvalue weighted by Crippen LogP contribution is 2.22. The molecule has 2 N–H and O–H groups in total.